The topological polar surface area (TPSA) is 69.3 Å². The van der Waals surface area contributed by atoms with Gasteiger partial charge in [0.05, 0.1) is 7.11 Å². The van der Waals surface area contributed by atoms with Crippen LogP contribution in [0.4, 0.5) is 11.4 Å². The molecule has 1 atom stereocenters. The first-order valence-electron chi connectivity index (χ1n) is 10.9. The summed E-state index contributed by atoms with van der Waals surface area (Å²) in [7, 11) is 1.61. The summed E-state index contributed by atoms with van der Waals surface area (Å²) in [5, 5.41) is 5.70. The number of hydrogen-bond acceptors (Lipinski definition) is 5. The minimum absolute atomic E-state index is 0.198. The molecule has 3 N–H and O–H groups in total. The van der Waals surface area contributed by atoms with E-state index < -0.39 is 0 Å². The van der Waals surface area contributed by atoms with E-state index in [-0.39, 0.29) is 17.4 Å². The van der Waals surface area contributed by atoms with Crippen molar-refractivity contribution in [2.75, 3.05) is 18.2 Å². The molecule has 1 aromatic heterocycles. The fourth-order valence-electron chi connectivity index (χ4n) is 4.65. The van der Waals surface area contributed by atoms with Gasteiger partial charge in [-0.15, -0.1) is 0 Å². The number of rotatable bonds is 5. The first-order chi connectivity index (χ1) is 16.0. The number of hydrogen-bond donors (Lipinski definition) is 2. The average Bonchev–Trinajstić information content (AvgIpc) is 3.14. The van der Waals surface area contributed by atoms with E-state index in [9.17, 15) is 4.79 Å². The zero-order valence-corrected chi connectivity index (χ0v) is 19.4. The fraction of sp³-hybridized carbons (Fsp3) is 0.185. The summed E-state index contributed by atoms with van der Waals surface area (Å²) in [4.78, 5) is 14.2. The smallest absolute Gasteiger partial charge is 0.276 e. The quantitative estimate of drug-likeness (QED) is 0.404. The summed E-state index contributed by atoms with van der Waals surface area (Å²) < 4.78 is 7.49. The van der Waals surface area contributed by atoms with Gasteiger partial charge in [-0.3, -0.25) is 9.36 Å². The van der Waals surface area contributed by atoms with Crippen molar-refractivity contribution in [2.45, 2.75) is 25.9 Å². The molecule has 0 amide bonds. The Labute approximate surface area is 197 Å². The Balaban J connectivity index is 1.61. The zero-order valence-electron chi connectivity index (χ0n) is 18.6. The number of fused-ring (bicyclic) bond motifs is 2. The molecule has 3 aromatic carbocycles. The summed E-state index contributed by atoms with van der Waals surface area (Å²) >= 11 is 5.73. The van der Waals surface area contributed by atoms with E-state index in [1.807, 2.05) is 49.4 Å². The Morgan fingerprint density at radius 1 is 1.09 bits per heavy atom. The van der Waals surface area contributed by atoms with Crippen LogP contribution < -0.4 is 21.3 Å². The van der Waals surface area contributed by atoms with Crippen LogP contribution in [0.1, 0.15) is 35.0 Å². The molecular formula is C27H25N3O2S. The van der Waals surface area contributed by atoms with Crippen LogP contribution >= 0.6 is 12.2 Å². The first kappa shape index (κ1) is 21.2. The van der Waals surface area contributed by atoms with Gasteiger partial charge in [0, 0.05) is 29.0 Å². The van der Waals surface area contributed by atoms with Crippen molar-refractivity contribution >= 4 is 39.2 Å². The molecular weight excluding hydrogens is 430 g/mol. The van der Waals surface area contributed by atoms with Crippen LogP contribution in [-0.2, 0) is 6.42 Å². The molecule has 0 saturated carbocycles. The predicted octanol–water partition coefficient (Wildman–Crippen LogP) is 5.22. The molecule has 33 heavy (non-hydrogen) atoms. The molecule has 5 nitrogen and oxygen atoms in total. The summed E-state index contributed by atoms with van der Waals surface area (Å²) in [5.74, 6) is 0.582. The zero-order chi connectivity index (χ0) is 23.1. The second kappa shape index (κ2) is 8.37. The Morgan fingerprint density at radius 2 is 1.82 bits per heavy atom. The highest BCUT2D eigenvalue weighted by molar-refractivity contribution is 7.80. The number of methoxy groups -OCH3 is 1. The van der Waals surface area contributed by atoms with Crippen LogP contribution in [0.3, 0.4) is 0 Å². The number of aryl methyl sites for hydroxylation is 1. The molecule has 6 heteroatoms. The molecule has 1 aliphatic heterocycles. The van der Waals surface area contributed by atoms with Crippen molar-refractivity contribution in [3.8, 4) is 5.75 Å². The lowest BCUT2D eigenvalue weighted by atomic mass is 9.97. The fourth-order valence-corrected chi connectivity index (χ4v) is 5.00. The lowest BCUT2D eigenvalue weighted by Gasteiger charge is -2.21. The number of pyridine rings is 1. The molecule has 0 bridgehead atoms. The molecule has 5 rings (SSSR count). The average molecular weight is 456 g/mol. The second-order valence-corrected chi connectivity index (χ2v) is 8.91. The highest BCUT2D eigenvalue weighted by atomic mass is 32.1. The molecule has 0 saturated heterocycles. The number of anilines is 2. The highest BCUT2D eigenvalue weighted by Gasteiger charge is 2.34. The Morgan fingerprint density at radius 3 is 2.58 bits per heavy atom. The minimum atomic E-state index is -0.314. The predicted molar refractivity (Wildman–Crippen MR) is 139 cm³/mol. The van der Waals surface area contributed by atoms with Gasteiger partial charge in [0.15, 0.2) is 0 Å². The van der Waals surface area contributed by atoms with Gasteiger partial charge in [-0.1, -0.05) is 72.4 Å². The van der Waals surface area contributed by atoms with E-state index >= 15 is 0 Å². The van der Waals surface area contributed by atoms with Gasteiger partial charge in [0.25, 0.3) is 5.56 Å². The molecule has 0 unspecified atom stereocenters. The van der Waals surface area contributed by atoms with Crippen LogP contribution in [0, 0.1) is 6.92 Å². The number of nitrogens with two attached hydrogens (primary N) is 1. The SMILES string of the molecule is COc1c(Cc2cccc3ccccc23)c(N)c(=O)n2c1C(=S)C[C@@H]2Nc1ccc(C)cc1. The van der Waals surface area contributed by atoms with Crippen molar-refractivity contribution in [3.05, 3.63) is 99.5 Å². The monoisotopic (exact) mass is 455 g/mol. The van der Waals surface area contributed by atoms with Crippen molar-refractivity contribution in [1.82, 2.24) is 4.57 Å². The van der Waals surface area contributed by atoms with Crippen molar-refractivity contribution < 1.29 is 4.74 Å². The minimum Gasteiger partial charge on any atom is -0.494 e. The maximum atomic E-state index is 13.5. The van der Waals surface area contributed by atoms with E-state index in [0.29, 0.717) is 34.7 Å². The van der Waals surface area contributed by atoms with Crippen molar-refractivity contribution in [3.63, 3.8) is 0 Å². The number of nitrogen functional groups attached to an aromatic ring is 1. The van der Waals surface area contributed by atoms with E-state index in [0.717, 1.165) is 22.0 Å². The van der Waals surface area contributed by atoms with Gasteiger partial charge in [-0.2, -0.15) is 0 Å². The summed E-state index contributed by atoms with van der Waals surface area (Å²) in [6.07, 6.45) is 0.690. The van der Waals surface area contributed by atoms with Gasteiger partial charge in [-0.25, -0.2) is 0 Å². The number of nitrogens with zero attached hydrogens (tertiary/aromatic N) is 1. The number of thiocarbonyl (C=S) groups is 1. The van der Waals surface area contributed by atoms with Gasteiger partial charge in [0.1, 0.15) is 23.3 Å². The lowest BCUT2D eigenvalue weighted by Crippen LogP contribution is -2.31. The van der Waals surface area contributed by atoms with Crippen molar-refractivity contribution in [2.24, 2.45) is 0 Å². The van der Waals surface area contributed by atoms with Crippen LogP contribution in [0.2, 0.25) is 0 Å². The van der Waals surface area contributed by atoms with Gasteiger partial charge < -0.3 is 15.8 Å². The molecule has 0 radical (unpaired) electrons. The molecule has 166 valence electrons. The molecule has 0 aliphatic carbocycles. The Kier molecular flexibility index (Phi) is 5.38. The largest absolute Gasteiger partial charge is 0.494 e. The second-order valence-electron chi connectivity index (χ2n) is 8.42. The molecule has 1 aliphatic rings. The number of nitrogens with one attached hydrogen (secondary N) is 1. The number of benzene rings is 3. The maximum absolute atomic E-state index is 13.5. The normalized spacial score (nSPS) is 15.0. The Bertz CT molecular complexity index is 1440. The van der Waals surface area contributed by atoms with Crippen molar-refractivity contribution in [1.29, 1.82) is 0 Å². The number of ether oxygens (including phenoxy) is 1. The first-order valence-corrected chi connectivity index (χ1v) is 11.3. The molecule has 0 spiro atoms. The van der Waals surface area contributed by atoms with Crippen LogP contribution in [0.25, 0.3) is 10.8 Å². The maximum Gasteiger partial charge on any atom is 0.276 e. The third-order valence-electron chi connectivity index (χ3n) is 6.30. The van der Waals surface area contributed by atoms with E-state index in [1.54, 1.807) is 11.7 Å². The van der Waals surface area contributed by atoms with Gasteiger partial charge >= 0.3 is 0 Å². The summed E-state index contributed by atoms with van der Waals surface area (Å²) in [5.41, 5.74) is 10.9. The molecule has 4 aromatic rings. The highest BCUT2D eigenvalue weighted by Crippen LogP contribution is 2.38. The van der Waals surface area contributed by atoms with Gasteiger partial charge in [-0.05, 0) is 35.4 Å². The van der Waals surface area contributed by atoms with E-state index in [1.165, 1.54) is 5.56 Å². The van der Waals surface area contributed by atoms with Crippen LogP contribution in [-0.4, -0.2) is 16.5 Å². The molecule has 2 heterocycles. The third kappa shape index (κ3) is 3.66. The van der Waals surface area contributed by atoms with Crippen LogP contribution in [0.15, 0.2) is 71.5 Å². The molecule has 0 fully saturated rings. The third-order valence-corrected chi connectivity index (χ3v) is 6.66. The van der Waals surface area contributed by atoms with E-state index in [2.05, 4.69) is 29.6 Å². The lowest BCUT2D eigenvalue weighted by molar-refractivity contribution is 0.403. The standard InChI is InChI=1S/C27H25N3O2S/c1-16-10-12-19(13-11-16)29-23-15-22(33)25-26(32-2)21(24(28)27(31)30(23)25)14-18-8-5-7-17-6-3-4-9-20(17)18/h3-13,23,29H,14-15,28H2,1-2H3/t23-/m1/s1. The number of aromatic nitrogens is 1. The van der Waals surface area contributed by atoms with Crippen LogP contribution in [0.5, 0.6) is 5.75 Å². The summed E-state index contributed by atoms with van der Waals surface area (Å²) in [6, 6.07) is 22.4. The summed E-state index contributed by atoms with van der Waals surface area (Å²) in [6.45, 7) is 2.04. The Hall–Kier alpha value is -3.64. The van der Waals surface area contributed by atoms with E-state index in [4.69, 9.17) is 22.7 Å². The van der Waals surface area contributed by atoms with Gasteiger partial charge in [0.2, 0.25) is 0 Å².